The highest BCUT2D eigenvalue weighted by atomic mass is 35.5. The van der Waals surface area contributed by atoms with Crippen LogP contribution in [0.4, 0.5) is 11.5 Å². The molecule has 1 aromatic heterocycles. The number of nitrogens with zero attached hydrogens (tertiary/aromatic N) is 2. The Labute approximate surface area is 100 Å². The molecule has 0 amide bonds. The second-order valence-corrected chi connectivity index (χ2v) is 4.35. The molecule has 2 rings (SSSR count). The fourth-order valence-electron chi connectivity index (χ4n) is 1.70. The Morgan fingerprint density at radius 1 is 1.56 bits per heavy atom. The van der Waals surface area contributed by atoms with Crippen LogP contribution in [0.5, 0.6) is 0 Å². The lowest BCUT2D eigenvalue weighted by Crippen LogP contribution is -2.31. The first-order valence-corrected chi connectivity index (χ1v) is 5.77. The third-order valence-electron chi connectivity index (χ3n) is 2.67. The maximum absolute atomic E-state index is 5.92. The van der Waals surface area contributed by atoms with Crippen LogP contribution in [-0.2, 0) is 4.74 Å². The molecule has 0 bridgehead atoms. The zero-order valence-electron chi connectivity index (χ0n) is 9.32. The smallest absolute Gasteiger partial charge is 0.153 e. The molecule has 5 heteroatoms. The van der Waals surface area contributed by atoms with Gasteiger partial charge in [0.1, 0.15) is 5.15 Å². The Morgan fingerprint density at radius 2 is 2.31 bits per heavy atom. The molecule has 0 aliphatic heterocycles. The fourth-order valence-corrected chi connectivity index (χ4v) is 1.85. The zero-order valence-corrected chi connectivity index (χ0v) is 10.1. The molecule has 0 unspecified atom stereocenters. The van der Waals surface area contributed by atoms with Gasteiger partial charge in [-0.1, -0.05) is 11.6 Å². The Bertz CT molecular complexity index is 368. The van der Waals surface area contributed by atoms with Crippen LogP contribution in [0, 0.1) is 0 Å². The number of nitrogens with two attached hydrogens (primary N) is 1. The Hall–Kier alpha value is -1.00. The van der Waals surface area contributed by atoms with Gasteiger partial charge in [-0.15, -0.1) is 0 Å². The summed E-state index contributed by atoms with van der Waals surface area (Å²) in [5.41, 5.74) is 6.60. The van der Waals surface area contributed by atoms with E-state index in [2.05, 4.69) is 9.88 Å². The van der Waals surface area contributed by atoms with E-state index in [1.54, 1.807) is 19.2 Å². The van der Waals surface area contributed by atoms with Gasteiger partial charge in [-0.05, 0) is 25.0 Å². The SMILES string of the molecule is COCCN(c1nc(Cl)ccc1N)C1CC1. The molecule has 0 aromatic carbocycles. The first-order chi connectivity index (χ1) is 7.72. The van der Waals surface area contributed by atoms with Gasteiger partial charge in [0.2, 0.25) is 0 Å². The topological polar surface area (TPSA) is 51.4 Å². The van der Waals surface area contributed by atoms with Crippen LogP contribution in [0.1, 0.15) is 12.8 Å². The lowest BCUT2D eigenvalue weighted by Gasteiger charge is -2.24. The van der Waals surface area contributed by atoms with E-state index in [0.717, 1.165) is 12.4 Å². The molecule has 1 fully saturated rings. The largest absolute Gasteiger partial charge is 0.396 e. The van der Waals surface area contributed by atoms with E-state index >= 15 is 0 Å². The second-order valence-electron chi connectivity index (χ2n) is 3.96. The molecule has 0 saturated heterocycles. The Kier molecular flexibility index (Phi) is 3.51. The van der Waals surface area contributed by atoms with Gasteiger partial charge in [-0.2, -0.15) is 0 Å². The Morgan fingerprint density at radius 3 is 2.94 bits per heavy atom. The van der Waals surface area contributed by atoms with Crippen molar-refractivity contribution in [2.45, 2.75) is 18.9 Å². The highest BCUT2D eigenvalue weighted by Crippen LogP contribution is 2.33. The van der Waals surface area contributed by atoms with Crippen molar-refractivity contribution in [2.24, 2.45) is 0 Å². The van der Waals surface area contributed by atoms with Gasteiger partial charge in [0, 0.05) is 19.7 Å². The number of halogens is 1. The number of rotatable bonds is 5. The summed E-state index contributed by atoms with van der Waals surface area (Å²) in [5.74, 6) is 0.784. The highest BCUT2D eigenvalue weighted by Gasteiger charge is 2.30. The summed E-state index contributed by atoms with van der Waals surface area (Å²) in [6.07, 6.45) is 2.38. The lowest BCUT2D eigenvalue weighted by atomic mass is 10.3. The van der Waals surface area contributed by atoms with Gasteiger partial charge in [-0.25, -0.2) is 4.98 Å². The predicted molar refractivity (Wildman–Crippen MR) is 65.9 cm³/mol. The van der Waals surface area contributed by atoms with Gasteiger partial charge >= 0.3 is 0 Å². The van der Waals surface area contributed by atoms with E-state index in [4.69, 9.17) is 22.1 Å². The number of methoxy groups -OCH3 is 1. The minimum atomic E-state index is 0.479. The van der Waals surface area contributed by atoms with Crippen LogP contribution in [0.2, 0.25) is 5.15 Å². The first kappa shape index (κ1) is 11.5. The monoisotopic (exact) mass is 241 g/mol. The van der Waals surface area contributed by atoms with E-state index in [-0.39, 0.29) is 0 Å². The standard InChI is InChI=1S/C11H16ClN3O/c1-16-7-6-15(8-2-3-8)11-9(13)4-5-10(12)14-11/h4-5,8H,2-3,6-7,13H2,1H3. The summed E-state index contributed by atoms with van der Waals surface area (Å²) in [6, 6.07) is 4.05. The second kappa shape index (κ2) is 4.89. The van der Waals surface area contributed by atoms with Gasteiger partial charge < -0.3 is 15.4 Å². The molecular weight excluding hydrogens is 226 g/mol. The molecule has 1 aliphatic rings. The average Bonchev–Trinajstić information content (AvgIpc) is 3.08. The van der Waals surface area contributed by atoms with E-state index in [9.17, 15) is 0 Å². The van der Waals surface area contributed by atoms with Gasteiger partial charge in [0.05, 0.1) is 12.3 Å². The van der Waals surface area contributed by atoms with E-state index in [1.165, 1.54) is 12.8 Å². The predicted octanol–water partition coefficient (Wildman–Crippen LogP) is 1.93. The summed E-state index contributed by atoms with van der Waals surface area (Å²) in [4.78, 5) is 6.48. The van der Waals surface area contributed by atoms with Crippen molar-refractivity contribution in [1.82, 2.24) is 4.98 Å². The van der Waals surface area contributed by atoms with Crippen LogP contribution >= 0.6 is 11.6 Å². The van der Waals surface area contributed by atoms with Crippen LogP contribution in [0.3, 0.4) is 0 Å². The molecule has 1 heterocycles. The third-order valence-corrected chi connectivity index (χ3v) is 2.88. The maximum atomic E-state index is 5.92. The zero-order chi connectivity index (χ0) is 11.5. The van der Waals surface area contributed by atoms with Crippen molar-refractivity contribution in [3.63, 3.8) is 0 Å². The van der Waals surface area contributed by atoms with Gasteiger partial charge in [0.25, 0.3) is 0 Å². The molecule has 1 aliphatic carbocycles. The number of aromatic nitrogens is 1. The summed E-state index contributed by atoms with van der Waals surface area (Å²) in [7, 11) is 1.69. The van der Waals surface area contributed by atoms with Crippen molar-refractivity contribution in [3.05, 3.63) is 17.3 Å². The summed E-state index contributed by atoms with van der Waals surface area (Å²) < 4.78 is 5.10. The minimum absolute atomic E-state index is 0.479. The minimum Gasteiger partial charge on any atom is -0.396 e. The number of anilines is 2. The fraction of sp³-hybridized carbons (Fsp3) is 0.545. The quantitative estimate of drug-likeness (QED) is 0.801. The normalized spacial score (nSPS) is 15.1. The lowest BCUT2D eigenvalue weighted by molar-refractivity contribution is 0.205. The molecule has 1 aromatic rings. The molecule has 0 atom stereocenters. The molecule has 16 heavy (non-hydrogen) atoms. The number of nitrogen functional groups attached to an aromatic ring is 1. The van der Waals surface area contributed by atoms with Crippen molar-refractivity contribution in [2.75, 3.05) is 30.9 Å². The number of ether oxygens (including phenoxy) is 1. The highest BCUT2D eigenvalue weighted by molar-refractivity contribution is 6.29. The number of pyridine rings is 1. The third kappa shape index (κ3) is 2.57. The maximum Gasteiger partial charge on any atom is 0.153 e. The summed E-state index contributed by atoms with van der Waals surface area (Å²) in [6.45, 7) is 1.48. The van der Waals surface area contributed by atoms with Crippen LogP contribution in [0.25, 0.3) is 0 Å². The van der Waals surface area contributed by atoms with Crippen molar-refractivity contribution >= 4 is 23.1 Å². The molecule has 0 spiro atoms. The van der Waals surface area contributed by atoms with Gasteiger partial charge in [-0.3, -0.25) is 0 Å². The summed E-state index contributed by atoms with van der Waals surface area (Å²) >= 11 is 5.90. The number of hydrogen-bond donors (Lipinski definition) is 1. The van der Waals surface area contributed by atoms with Crippen molar-refractivity contribution in [1.29, 1.82) is 0 Å². The van der Waals surface area contributed by atoms with Gasteiger partial charge in [0.15, 0.2) is 5.82 Å². The molecular formula is C11H16ClN3O. The summed E-state index contributed by atoms with van der Waals surface area (Å²) in [5, 5.41) is 0.479. The number of hydrogen-bond acceptors (Lipinski definition) is 4. The molecule has 0 radical (unpaired) electrons. The first-order valence-electron chi connectivity index (χ1n) is 5.40. The molecule has 88 valence electrons. The molecule has 2 N–H and O–H groups in total. The van der Waals surface area contributed by atoms with Crippen molar-refractivity contribution < 1.29 is 4.74 Å². The van der Waals surface area contributed by atoms with E-state index in [1.807, 2.05) is 0 Å². The van der Waals surface area contributed by atoms with Crippen LogP contribution in [-0.4, -0.2) is 31.3 Å². The van der Waals surface area contributed by atoms with E-state index in [0.29, 0.717) is 23.5 Å². The van der Waals surface area contributed by atoms with Crippen molar-refractivity contribution in [3.8, 4) is 0 Å². The Balaban J connectivity index is 2.19. The molecule has 1 saturated carbocycles. The average molecular weight is 242 g/mol. The van der Waals surface area contributed by atoms with Crippen LogP contribution in [0.15, 0.2) is 12.1 Å². The van der Waals surface area contributed by atoms with E-state index < -0.39 is 0 Å². The van der Waals surface area contributed by atoms with Crippen LogP contribution < -0.4 is 10.6 Å². The molecule has 4 nitrogen and oxygen atoms in total.